The van der Waals surface area contributed by atoms with Crippen molar-refractivity contribution in [3.63, 3.8) is 0 Å². The summed E-state index contributed by atoms with van der Waals surface area (Å²) < 4.78 is 31.3. The Bertz CT molecular complexity index is 494. The first-order chi connectivity index (χ1) is 8.58. The quantitative estimate of drug-likeness (QED) is 0.825. The molecular formula is C12H18N2O3S. The number of anilines is 1. The summed E-state index contributed by atoms with van der Waals surface area (Å²) in [6.45, 7) is 2.07. The van der Waals surface area contributed by atoms with Crippen LogP contribution in [0.3, 0.4) is 0 Å². The largest absolute Gasteiger partial charge is 0.399 e. The molecule has 0 aromatic heterocycles. The van der Waals surface area contributed by atoms with Gasteiger partial charge in [0.25, 0.3) is 0 Å². The molecule has 1 aliphatic heterocycles. The molecule has 0 amide bonds. The molecule has 1 aromatic rings. The van der Waals surface area contributed by atoms with E-state index < -0.39 is 10.0 Å². The lowest BCUT2D eigenvalue weighted by Gasteiger charge is -2.19. The van der Waals surface area contributed by atoms with Gasteiger partial charge in [0, 0.05) is 25.4 Å². The second-order valence-corrected chi connectivity index (χ2v) is 6.34. The molecule has 0 unspecified atom stereocenters. The van der Waals surface area contributed by atoms with Gasteiger partial charge in [0.15, 0.2) is 0 Å². The number of hydrogen-bond donors (Lipinski definition) is 1. The van der Waals surface area contributed by atoms with Gasteiger partial charge in [0.05, 0.1) is 12.4 Å². The number of nitrogens with two attached hydrogens (primary N) is 1. The molecule has 1 aliphatic rings. The second-order valence-electron chi connectivity index (χ2n) is 4.37. The molecule has 2 rings (SSSR count). The third-order valence-electron chi connectivity index (χ3n) is 2.87. The SMILES string of the molecule is Nc1cccc(CS(=O)(=O)N2CCCOCC2)c1. The molecule has 1 saturated heterocycles. The molecule has 0 atom stereocenters. The lowest BCUT2D eigenvalue weighted by atomic mass is 10.2. The van der Waals surface area contributed by atoms with Gasteiger partial charge in [-0.2, -0.15) is 4.31 Å². The van der Waals surface area contributed by atoms with Crippen molar-refractivity contribution < 1.29 is 13.2 Å². The van der Waals surface area contributed by atoms with Gasteiger partial charge in [-0.05, 0) is 24.1 Å². The Morgan fingerprint density at radius 1 is 1.28 bits per heavy atom. The molecule has 5 nitrogen and oxygen atoms in total. The van der Waals surface area contributed by atoms with Gasteiger partial charge >= 0.3 is 0 Å². The number of rotatable bonds is 3. The maximum absolute atomic E-state index is 12.2. The van der Waals surface area contributed by atoms with Crippen molar-refractivity contribution >= 4 is 15.7 Å². The first-order valence-electron chi connectivity index (χ1n) is 5.98. The van der Waals surface area contributed by atoms with Crippen LogP contribution in [0.5, 0.6) is 0 Å². The Morgan fingerprint density at radius 3 is 2.89 bits per heavy atom. The van der Waals surface area contributed by atoms with E-state index in [-0.39, 0.29) is 5.75 Å². The highest BCUT2D eigenvalue weighted by atomic mass is 32.2. The number of benzene rings is 1. The van der Waals surface area contributed by atoms with Gasteiger partial charge < -0.3 is 10.5 Å². The molecule has 2 N–H and O–H groups in total. The van der Waals surface area contributed by atoms with Crippen LogP contribution < -0.4 is 5.73 Å². The highest BCUT2D eigenvalue weighted by molar-refractivity contribution is 7.88. The number of nitrogen functional groups attached to an aromatic ring is 1. The average molecular weight is 270 g/mol. The molecule has 0 radical (unpaired) electrons. The summed E-state index contributed by atoms with van der Waals surface area (Å²) in [4.78, 5) is 0. The number of sulfonamides is 1. The lowest BCUT2D eigenvalue weighted by molar-refractivity contribution is 0.148. The zero-order valence-electron chi connectivity index (χ0n) is 10.2. The Hall–Kier alpha value is -1.11. The maximum atomic E-state index is 12.2. The Balaban J connectivity index is 2.10. The van der Waals surface area contributed by atoms with Crippen molar-refractivity contribution in [2.45, 2.75) is 12.2 Å². The lowest BCUT2D eigenvalue weighted by Crippen LogP contribution is -2.34. The molecule has 6 heteroatoms. The summed E-state index contributed by atoms with van der Waals surface area (Å²) in [5, 5.41) is 0. The van der Waals surface area contributed by atoms with Crippen molar-refractivity contribution in [1.82, 2.24) is 4.31 Å². The topological polar surface area (TPSA) is 72.6 Å². The molecule has 0 bridgehead atoms. The molecular weight excluding hydrogens is 252 g/mol. The summed E-state index contributed by atoms with van der Waals surface area (Å²) in [6.07, 6.45) is 0.746. The standard InChI is InChI=1S/C12H18N2O3S/c13-12-4-1-3-11(9-12)10-18(15,16)14-5-2-7-17-8-6-14/h1,3-4,9H,2,5-8,10,13H2. The first kappa shape index (κ1) is 13.3. The number of ether oxygens (including phenoxy) is 1. The normalized spacial score (nSPS) is 18.4. The Labute approximate surface area is 108 Å². The van der Waals surface area contributed by atoms with E-state index in [1.165, 1.54) is 4.31 Å². The van der Waals surface area contributed by atoms with E-state index in [0.29, 0.717) is 32.0 Å². The predicted molar refractivity (Wildman–Crippen MR) is 70.5 cm³/mol. The summed E-state index contributed by atoms with van der Waals surface area (Å²) >= 11 is 0. The van der Waals surface area contributed by atoms with Crippen LogP contribution in [0, 0.1) is 0 Å². The van der Waals surface area contributed by atoms with E-state index in [1.807, 2.05) is 0 Å². The third-order valence-corrected chi connectivity index (χ3v) is 4.72. The van der Waals surface area contributed by atoms with E-state index in [0.717, 1.165) is 12.0 Å². The fraction of sp³-hybridized carbons (Fsp3) is 0.500. The van der Waals surface area contributed by atoms with Crippen LogP contribution in [0.2, 0.25) is 0 Å². The van der Waals surface area contributed by atoms with E-state index in [2.05, 4.69) is 0 Å². The number of nitrogens with zero attached hydrogens (tertiary/aromatic N) is 1. The van der Waals surface area contributed by atoms with Crippen LogP contribution in [-0.4, -0.2) is 39.0 Å². The minimum Gasteiger partial charge on any atom is -0.399 e. The van der Waals surface area contributed by atoms with Crippen LogP contribution in [0.25, 0.3) is 0 Å². The van der Waals surface area contributed by atoms with Crippen molar-refractivity contribution in [2.75, 3.05) is 32.0 Å². The van der Waals surface area contributed by atoms with Crippen molar-refractivity contribution in [2.24, 2.45) is 0 Å². The zero-order chi connectivity index (χ0) is 13.0. The van der Waals surface area contributed by atoms with E-state index in [9.17, 15) is 8.42 Å². The molecule has 100 valence electrons. The molecule has 18 heavy (non-hydrogen) atoms. The zero-order valence-corrected chi connectivity index (χ0v) is 11.0. The van der Waals surface area contributed by atoms with Crippen LogP contribution in [0.1, 0.15) is 12.0 Å². The average Bonchev–Trinajstić information content (AvgIpc) is 2.57. The van der Waals surface area contributed by atoms with Crippen molar-refractivity contribution in [3.8, 4) is 0 Å². The van der Waals surface area contributed by atoms with E-state index in [4.69, 9.17) is 10.5 Å². The van der Waals surface area contributed by atoms with Gasteiger partial charge in [0.1, 0.15) is 0 Å². The molecule has 1 aromatic carbocycles. The minimum atomic E-state index is -3.28. The summed E-state index contributed by atoms with van der Waals surface area (Å²) in [5.74, 6) is -0.00194. The molecule has 0 aliphatic carbocycles. The fourth-order valence-corrected chi connectivity index (χ4v) is 3.53. The highest BCUT2D eigenvalue weighted by Crippen LogP contribution is 2.15. The van der Waals surface area contributed by atoms with Crippen LogP contribution in [0.15, 0.2) is 24.3 Å². The molecule has 0 spiro atoms. The fourth-order valence-electron chi connectivity index (χ4n) is 1.99. The second kappa shape index (κ2) is 5.69. The number of hydrogen-bond acceptors (Lipinski definition) is 4. The summed E-state index contributed by atoms with van der Waals surface area (Å²) in [7, 11) is -3.28. The van der Waals surface area contributed by atoms with Gasteiger partial charge in [-0.15, -0.1) is 0 Å². The van der Waals surface area contributed by atoms with Gasteiger partial charge in [-0.3, -0.25) is 0 Å². The van der Waals surface area contributed by atoms with Crippen molar-refractivity contribution in [3.05, 3.63) is 29.8 Å². The van der Waals surface area contributed by atoms with Crippen LogP contribution in [0.4, 0.5) is 5.69 Å². The monoisotopic (exact) mass is 270 g/mol. The minimum absolute atomic E-state index is 0.00194. The van der Waals surface area contributed by atoms with E-state index in [1.54, 1.807) is 24.3 Å². The smallest absolute Gasteiger partial charge is 0.218 e. The van der Waals surface area contributed by atoms with Gasteiger partial charge in [-0.25, -0.2) is 8.42 Å². The molecule has 0 saturated carbocycles. The van der Waals surface area contributed by atoms with Crippen LogP contribution in [-0.2, 0) is 20.5 Å². The van der Waals surface area contributed by atoms with E-state index >= 15 is 0 Å². The highest BCUT2D eigenvalue weighted by Gasteiger charge is 2.23. The summed E-state index contributed by atoms with van der Waals surface area (Å²) in [6, 6.07) is 7.00. The van der Waals surface area contributed by atoms with Gasteiger partial charge in [0.2, 0.25) is 10.0 Å². The first-order valence-corrected chi connectivity index (χ1v) is 7.59. The Morgan fingerprint density at radius 2 is 2.11 bits per heavy atom. The van der Waals surface area contributed by atoms with Crippen LogP contribution >= 0.6 is 0 Å². The van der Waals surface area contributed by atoms with Gasteiger partial charge in [-0.1, -0.05) is 12.1 Å². The van der Waals surface area contributed by atoms with Crippen molar-refractivity contribution in [1.29, 1.82) is 0 Å². The predicted octanol–water partition coefficient (Wildman–Crippen LogP) is 0.821. The molecule has 1 fully saturated rings. The third kappa shape index (κ3) is 3.44. The molecule has 1 heterocycles. The Kier molecular flexibility index (Phi) is 4.21. The summed E-state index contributed by atoms with van der Waals surface area (Å²) in [5.41, 5.74) is 6.96. The maximum Gasteiger partial charge on any atom is 0.218 e.